The second-order valence-electron chi connectivity index (χ2n) is 4.38. The third-order valence-corrected chi connectivity index (χ3v) is 4.80. The zero-order valence-electron chi connectivity index (χ0n) is 11.5. The van der Waals surface area contributed by atoms with Crippen LogP contribution < -0.4 is 10.0 Å². The highest BCUT2D eigenvalue weighted by Gasteiger charge is 2.18. The number of furan rings is 1. The Kier molecular flexibility index (Phi) is 6.18. The maximum absolute atomic E-state index is 11.9. The van der Waals surface area contributed by atoms with Crippen LogP contribution in [-0.4, -0.2) is 41.9 Å². The molecular weight excluding hydrogens is 304 g/mol. The van der Waals surface area contributed by atoms with Crippen molar-refractivity contribution in [3.05, 3.63) is 17.9 Å². The number of rotatable bonds is 9. The molecule has 1 aromatic heterocycles. The molecule has 0 radical (unpaired) electrons. The van der Waals surface area contributed by atoms with Crippen molar-refractivity contribution in [2.45, 2.75) is 25.0 Å². The third-order valence-electron chi connectivity index (χ3n) is 2.44. The molecule has 116 valence electrons. The van der Waals surface area contributed by atoms with Crippen LogP contribution in [-0.2, 0) is 26.4 Å². The van der Waals surface area contributed by atoms with Gasteiger partial charge in [0.2, 0.25) is 5.09 Å². The largest absolute Gasteiger partial charge is 0.447 e. The second kappa shape index (κ2) is 7.21. The van der Waals surface area contributed by atoms with Gasteiger partial charge in [-0.25, -0.2) is 21.6 Å². The summed E-state index contributed by atoms with van der Waals surface area (Å²) in [5, 5.41) is 2.86. The summed E-state index contributed by atoms with van der Waals surface area (Å²) in [5.41, 5.74) is 0. The molecule has 0 amide bonds. The molecule has 20 heavy (non-hydrogen) atoms. The summed E-state index contributed by atoms with van der Waals surface area (Å²) in [7, 11) is -6.80. The predicted molar refractivity (Wildman–Crippen MR) is 75.6 cm³/mol. The number of nitrogens with one attached hydrogen (secondary N) is 2. The molecule has 1 rings (SSSR count). The molecule has 1 heterocycles. The van der Waals surface area contributed by atoms with Gasteiger partial charge in [0.1, 0.15) is 15.6 Å². The quantitative estimate of drug-likeness (QED) is 0.624. The van der Waals surface area contributed by atoms with Gasteiger partial charge in [-0.1, -0.05) is 6.92 Å². The van der Waals surface area contributed by atoms with Gasteiger partial charge in [-0.2, -0.15) is 0 Å². The Bertz CT molecular complexity index is 619. The zero-order valence-corrected chi connectivity index (χ0v) is 13.2. The van der Waals surface area contributed by atoms with Crippen LogP contribution in [0.3, 0.4) is 0 Å². The molecule has 0 fully saturated rings. The fourth-order valence-corrected chi connectivity index (χ4v) is 3.15. The summed E-state index contributed by atoms with van der Waals surface area (Å²) in [6.45, 7) is 3.20. The van der Waals surface area contributed by atoms with Crippen molar-refractivity contribution < 1.29 is 21.3 Å². The first kappa shape index (κ1) is 17.2. The lowest BCUT2D eigenvalue weighted by molar-refractivity contribution is 0.401. The van der Waals surface area contributed by atoms with Gasteiger partial charge in [0.05, 0.1) is 12.3 Å². The number of sulfonamides is 1. The van der Waals surface area contributed by atoms with Gasteiger partial charge in [0.25, 0.3) is 10.0 Å². The van der Waals surface area contributed by atoms with Gasteiger partial charge >= 0.3 is 0 Å². The molecule has 0 aliphatic heterocycles. The summed E-state index contributed by atoms with van der Waals surface area (Å²) >= 11 is 0. The van der Waals surface area contributed by atoms with E-state index in [-0.39, 0.29) is 23.8 Å². The zero-order chi connectivity index (χ0) is 15.2. The Hall–Kier alpha value is -0.900. The highest BCUT2D eigenvalue weighted by Crippen LogP contribution is 2.13. The van der Waals surface area contributed by atoms with Crippen LogP contribution in [0.15, 0.2) is 21.6 Å². The van der Waals surface area contributed by atoms with Crippen LogP contribution in [0.25, 0.3) is 0 Å². The van der Waals surface area contributed by atoms with E-state index in [1.54, 1.807) is 6.07 Å². The summed E-state index contributed by atoms with van der Waals surface area (Å²) < 4.78 is 53.1. The molecular formula is C11H20N2O5S2. The minimum atomic E-state index is -3.72. The topological polar surface area (TPSA) is 105 Å². The molecule has 9 heteroatoms. The highest BCUT2D eigenvalue weighted by molar-refractivity contribution is 7.90. The maximum atomic E-state index is 11.9. The van der Waals surface area contributed by atoms with Gasteiger partial charge in [-0.05, 0) is 25.1 Å². The fraction of sp³-hybridized carbons (Fsp3) is 0.636. The molecule has 7 nitrogen and oxygen atoms in total. The van der Waals surface area contributed by atoms with Crippen molar-refractivity contribution in [1.82, 2.24) is 10.0 Å². The van der Waals surface area contributed by atoms with E-state index in [9.17, 15) is 16.8 Å². The molecule has 1 aromatic rings. The van der Waals surface area contributed by atoms with Gasteiger partial charge in [0.15, 0.2) is 0 Å². The minimum Gasteiger partial charge on any atom is -0.447 e. The lowest BCUT2D eigenvalue weighted by atomic mass is 10.4. The van der Waals surface area contributed by atoms with E-state index < -0.39 is 19.9 Å². The van der Waals surface area contributed by atoms with Crippen molar-refractivity contribution in [1.29, 1.82) is 0 Å². The molecule has 0 aliphatic rings. The van der Waals surface area contributed by atoms with Crippen molar-refractivity contribution in [3.63, 3.8) is 0 Å². The molecule has 0 saturated heterocycles. The van der Waals surface area contributed by atoms with Crippen LogP contribution in [0.1, 0.15) is 19.1 Å². The van der Waals surface area contributed by atoms with E-state index in [4.69, 9.17) is 4.42 Å². The Labute approximate surface area is 119 Å². The van der Waals surface area contributed by atoms with E-state index in [1.807, 2.05) is 6.92 Å². The van der Waals surface area contributed by atoms with Crippen LogP contribution in [0.5, 0.6) is 0 Å². The van der Waals surface area contributed by atoms with E-state index in [1.165, 1.54) is 6.07 Å². The van der Waals surface area contributed by atoms with E-state index in [0.29, 0.717) is 12.3 Å². The van der Waals surface area contributed by atoms with Crippen LogP contribution >= 0.6 is 0 Å². The Morgan fingerprint density at radius 2 is 1.90 bits per heavy atom. The lowest BCUT2D eigenvalue weighted by Crippen LogP contribution is -2.25. The van der Waals surface area contributed by atoms with Gasteiger partial charge in [0, 0.05) is 12.8 Å². The van der Waals surface area contributed by atoms with E-state index in [2.05, 4.69) is 10.0 Å². The van der Waals surface area contributed by atoms with E-state index in [0.717, 1.165) is 12.8 Å². The van der Waals surface area contributed by atoms with Crippen molar-refractivity contribution in [2.24, 2.45) is 0 Å². The van der Waals surface area contributed by atoms with Crippen LogP contribution in [0, 0.1) is 0 Å². The first-order chi connectivity index (χ1) is 9.24. The van der Waals surface area contributed by atoms with Crippen LogP contribution in [0.2, 0.25) is 0 Å². The number of sulfone groups is 1. The Morgan fingerprint density at radius 3 is 2.50 bits per heavy atom. The Balaban J connectivity index is 2.53. The van der Waals surface area contributed by atoms with Crippen molar-refractivity contribution in [3.8, 4) is 0 Å². The van der Waals surface area contributed by atoms with Crippen molar-refractivity contribution >= 4 is 19.9 Å². The van der Waals surface area contributed by atoms with Gasteiger partial charge in [-0.15, -0.1) is 0 Å². The van der Waals surface area contributed by atoms with Crippen molar-refractivity contribution in [2.75, 3.05) is 25.1 Å². The molecule has 0 bridgehead atoms. The van der Waals surface area contributed by atoms with E-state index >= 15 is 0 Å². The van der Waals surface area contributed by atoms with Gasteiger partial charge in [-0.3, -0.25) is 0 Å². The molecule has 2 N–H and O–H groups in total. The average Bonchev–Trinajstić information content (AvgIpc) is 2.80. The highest BCUT2D eigenvalue weighted by atomic mass is 32.2. The first-order valence-electron chi connectivity index (χ1n) is 6.21. The molecule has 0 spiro atoms. The molecule has 0 unspecified atom stereocenters. The molecule has 0 atom stereocenters. The SMILES string of the molecule is CCNCc1ccc(S(=O)(=O)NCCCS(C)(=O)=O)o1. The molecule has 0 aliphatic carbocycles. The lowest BCUT2D eigenvalue weighted by Gasteiger charge is -2.03. The minimum absolute atomic E-state index is 0.0542. The summed E-state index contributed by atoms with van der Waals surface area (Å²) in [4.78, 5) is 0. The summed E-state index contributed by atoms with van der Waals surface area (Å²) in [6, 6.07) is 2.97. The van der Waals surface area contributed by atoms with Gasteiger partial charge < -0.3 is 9.73 Å². The Morgan fingerprint density at radius 1 is 1.20 bits per heavy atom. The smallest absolute Gasteiger partial charge is 0.273 e. The monoisotopic (exact) mass is 324 g/mol. The summed E-state index contributed by atoms with van der Waals surface area (Å²) in [5.74, 6) is 0.475. The third kappa shape index (κ3) is 6.04. The first-order valence-corrected chi connectivity index (χ1v) is 9.76. The number of hydrogen-bond donors (Lipinski definition) is 2. The second-order valence-corrected chi connectivity index (χ2v) is 8.34. The normalized spacial score (nSPS) is 12.7. The standard InChI is InChI=1S/C11H20N2O5S2/c1-3-12-9-10-5-6-11(18-10)20(16,17)13-7-4-8-19(2,14)15/h5-6,12-13H,3-4,7-9H2,1-2H3. The van der Waals surface area contributed by atoms with Crippen LogP contribution in [0.4, 0.5) is 0 Å². The number of hydrogen-bond acceptors (Lipinski definition) is 6. The molecule has 0 aromatic carbocycles. The fourth-order valence-electron chi connectivity index (χ4n) is 1.46. The molecule has 0 saturated carbocycles. The average molecular weight is 324 g/mol. The summed E-state index contributed by atoms with van der Waals surface area (Å²) in [6.07, 6.45) is 1.34. The maximum Gasteiger partial charge on any atom is 0.273 e. The predicted octanol–water partition coefficient (Wildman–Crippen LogP) is 0.102.